The van der Waals surface area contributed by atoms with Gasteiger partial charge >= 0.3 is 0 Å². The van der Waals surface area contributed by atoms with Crippen molar-refractivity contribution in [3.63, 3.8) is 0 Å². The summed E-state index contributed by atoms with van der Waals surface area (Å²) >= 11 is 0. The largest absolute Gasteiger partial charge is 0.481 e. The monoisotopic (exact) mass is 309 g/mol. The quantitative estimate of drug-likeness (QED) is 0.741. The smallest absolute Gasteiger partial charge is 0.218 e. The third-order valence-corrected chi connectivity index (χ3v) is 8.86. The van der Waals surface area contributed by atoms with Crippen molar-refractivity contribution in [3.05, 3.63) is 23.4 Å². The van der Waals surface area contributed by atoms with Crippen LogP contribution in [0.25, 0.3) is 0 Å². The van der Waals surface area contributed by atoms with Gasteiger partial charge in [0.05, 0.1) is 13.7 Å². The van der Waals surface area contributed by atoms with E-state index in [1.165, 1.54) is 5.56 Å². The summed E-state index contributed by atoms with van der Waals surface area (Å²) in [6.07, 6.45) is 1.90. The molecule has 3 nitrogen and oxygen atoms in total. The summed E-state index contributed by atoms with van der Waals surface area (Å²) < 4.78 is 11.7. The fraction of sp³-hybridized carbons (Fsp3) is 0.706. The predicted octanol–water partition coefficient (Wildman–Crippen LogP) is 4.91. The average molecular weight is 310 g/mol. The van der Waals surface area contributed by atoms with Gasteiger partial charge in [-0.1, -0.05) is 41.5 Å². The molecule has 21 heavy (non-hydrogen) atoms. The fourth-order valence-electron chi connectivity index (χ4n) is 1.67. The van der Waals surface area contributed by atoms with Crippen molar-refractivity contribution in [2.45, 2.75) is 71.7 Å². The highest BCUT2D eigenvalue weighted by Crippen LogP contribution is 2.37. The number of rotatable bonds is 4. The topological polar surface area (TPSA) is 31.4 Å². The Morgan fingerprint density at radius 1 is 1.10 bits per heavy atom. The molecule has 1 heterocycles. The minimum atomic E-state index is -1.77. The second-order valence-corrected chi connectivity index (χ2v) is 13.0. The molecule has 0 saturated heterocycles. The van der Waals surface area contributed by atoms with Crippen molar-refractivity contribution in [2.24, 2.45) is 0 Å². The van der Waals surface area contributed by atoms with Crippen LogP contribution in [0.2, 0.25) is 18.1 Å². The molecule has 0 spiro atoms. The van der Waals surface area contributed by atoms with Crippen molar-refractivity contribution < 1.29 is 9.16 Å². The van der Waals surface area contributed by atoms with Crippen LogP contribution in [0.3, 0.4) is 0 Å². The molecule has 0 aliphatic carbocycles. The Kier molecular flexibility index (Phi) is 5.27. The summed E-state index contributed by atoms with van der Waals surface area (Å²) in [4.78, 5) is 4.44. The van der Waals surface area contributed by atoms with E-state index in [1.807, 2.05) is 6.20 Å². The maximum atomic E-state index is 6.31. The van der Waals surface area contributed by atoms with Crippen molar-refractivity contribution in [2.75, 3.05) is 7.11 Å². The number of aromatic nitrogens is 1. The molecule has 0 unspecified atom stereocenters. The van der Waals surface area contributed by atoms with Gasteiger partial charge in [-0.2, -0.15) is 0 Å². The third kappa shape index (κ3) is 4.55. The molecule has 0 aromatic carbocycles. The lowest BCUT2D eigenvalue weighted by Crippen LogP contribution is -2.40. The van der Waals surface area contributed by atoms with E-state index in [4.69, 9.17) is 9.16 Å². The summed E-state index contributed by atoms with van der Waals surface area (Å²) in [6, 6.07) is 2.17. The predicted molar refractivity (Wildman–Crippen MR) is 91.5 cm³/mol. The molecule has 0 radical (unpaired) electrons. The molecule has 0 aliphatic rings. The summed E-state index contributed by atoms with van der Waals surface area (Å²) in [5.74, 6) is 0.668. The molecule has 0 aliphatic heterocycles. The Bertz CT molecular complexity index is 485. The van der Waals surface area contributed by atoms with Gasteiger partial charge in [0.15, 0.2) is 8.32 Å². The van der Waals surface area contributed by atoms with Crippen molar-refractivity contribution in [1.82, 2.24) is 4.98 Å². The summed E-state index contributed by atoms with van der Waals surface area (Å²) in [5, 5.41) is 0.204. The van der Waals surface area contributed by atoms with E-state index in [-0.39, 0.29) is 10.5 Å². The first-order valence-corrected chi connectivity index (χ1v) is 10.5. The number of methoxy groups -OCH3 is 1. The first-order chi connectivity index (χ1) is 9.38. The van der Waals surface area contributed by atoms with E-state index in [0.717, 1.165) is 5.56 Å². The molecule has 1 aromatic rings. The van der Waals surface area contributed by atoms with Crippen LogP contribution in [0, 0.1) is 0 Å². The maximum absolute atomic E-state index is 6.31. The minimum Gasteiger partial charge on any atom is -0.481 e. The highest BCUT2D eigenvalue weighted by Gasteiger charge is 2.37. The molecule has 0 amide bonds. The highest BCUT2D eigenvalue weighted by molar-refractivity contribution is 6.74. The minimum absolute atomic E-state index is 0.0744. The zero-order chi connectivity index (χ0) is 16.5. The van der Waals surface area contributed by atoms with Gasteiger partial charge in [0.25, 0.3) is 0 Å². The van der Waals surface area contributed by atoms with Gasteiger partial charge in [0.2, 0.25) is 5.88 Å². The first-order valence-electron chi connectivity index (χ1n) is 7.56. The number of pyridine rings is 1. The Morgan fingerprint density at radius 3 is 2.10 bits per heavy atom. The van der Waals surface area contributed by atoms with Gasteiger partial charge in [0, 0.05) is 11.8 Å². The number of ether oxygens (including phenoxy) is 1. The third-order valence-electron chi connectivity index (χ3n) is 4.38. The van der Waals surface area contributed by atoms with Gasteiger partial charge in [-0.15, -0.1) is 0 Å². The van der Waals surface area contributed by atoms with Crippen LogP contribution in [0.1, 0.15) is 52.7 Å². The van der Waals surface area contributed by atoms with Gasteiger partial charge < -0.3 is 9.16 Å². The molecule has 0 N–H and O–H groups in total. The molecule has 0 atom stereocenters. The molecular formula is C17H31NO2Si. The molecule has 1 rings (SSSR count). The SMILES string of the molecule is COc1ncc(C(C)(C)C)cc1CO[Si](C)(C)C(C)(C)C. The number of hydrogen-bond donors (Lipinski definition) is 0. The summed E-state index contributed by atoms with van der Waals surface area (Å²) in [5.41, 5.74) is 2.32. The lowest BCUT2D eigenvalue weighted by Gasteiger charge is -2.36. The van der Waals surface area contributed by atoms with Crippen molar-refractivity contribution in [1.29, 1.82) is 0 Å². The van der Waals surface area contributed by atoms with Crippen molar-refractivity contribution in [3.8, 4) is 5.88 Å². The molecule has 0 fully saturated rings. The lowest BCUT2D eigenvalue weighted by atomic mass is 9.87. The van der Waals surface area contributed by atoms with E-state index in [9.17, 15) is 0 Å². The molecular weight excluding hydrogens is 278 g/mol. The van der Waals surface area contributed by atoms with E-state index in [0.29, 0.717) is 12.5 Å². The van der Waals surface area contributed by atoms with Crippen LogP contribution < -0.4 is 4.74 Å². The summed E-state index contributed by atoms with van der Waals surface area (Å²) in [6.45, 7) is 18.4. The Labute approximate surface area is 131 Å². The van der Waals surface area contributed by atoms with E-state index in [1.54, 1.807) is 7.11 Å². The maximum Gasteiger partial charge on any atom is 0.218 e. The number of nitrogens with zero attached hydrogens (tertiary/aromatic N) is 1. The molecule has 0 bridgehead atoms. The standard InChI is InChI=1S/C17H31NO2Si/c1-16(2,3)14-10-13(15(19-7)18-11-14)12-20-21(8,9)17(4,5)6/h10-11H,12H2,1-9H3. The van der Waals surface area contributed by atoms with Crippen LogP contribution in [-0.2, 0) is 16.4 Å². The second kappa shape index (κ2) is 6.09. The Morgan fingerprint density at radius 2 is 1.67 bits per heavy atom. The molecule has 120 valence electrons. The van der Waals surface area contributed by atoms with E-state index >= 15 is 0 Å². The summed E-state index contributed by atoms with van der Waals surface area (Å²) in [7, 11) is -0.108. The van der Waals surface area contributed by atoms with Crippen LogP contribution >= 0.6 is 0 Å². The zero-order valence-electron chi connectivity index (χ0n) is 15.1. The van der Waals surface area contributed by atoms with Crippen LogP contribution in [-0.4, -0.2) is 20.4 Å². The molecule has 4 heteroatoms. The van der Waals surface area contributed by atoms with E-state index in [2.05, 4.69) is 65.7 Å². The second-order valence-electron chi connectivity index (χ2n) is 8.19. The average Bonchev–Trinajstić information content (AvgIpc) is 2.33. The van der Waals surface area contributed by atoms with Crippen LogP contribution in [0.5, 0.6) is 5.88 Å². The molecule has 0 saturated carbocycles. The van der Waals surface area contributed by atoms with Gasteiger partial charge in [-0.3, -0.25) is 0 Å². The first kappa shape index (κ1) is 18.2. The lowest BCUT2D eigenvalue weighted by molar-refractivity contribution is 0.267. The highest BCUT2D eigenvalue weighted by atomic mass is 28.4. The fourth-order valence-corrected chi connectivity index (χ4v) is 2.62. The van der Waals surface area contributed by atoms with E-state index < -0.39 is 8.32 Å². The zero-order valence-corrected chi connectivity index (χ0v) is 16.1. The normalized spacial score (nSPS) is 13.4. The number of hydrogen-bond acceptors (Lipinski definition) is 3. The van der Waals surface area contributed by atoms with Gasteiger partial charge in [-0.05, 0) is 35.2 Å². The van der Waals surface area contributed by atoms with Crippen LogP contribution in [0.15, 0.2) is 12.3 Å². The van der Waals surface area contributed by atoms with Crippen molar-refractivity contribution >= 4 is 8.32 Å². The van der Waals surface area contributed by atoms with Gasteiger partial charge in [0.1, 0.15) is 0 Å². The van der Waals surface area contributed by atoms with Crippen LogP contribution in [0.4, 0.5) is 0 Å². The Balaban J connectivity index is 3.02. The van der Waals surface area contributed by atoms with Gasteiger partial charge in [-0.25, -0.2) is 4.98 Å². The molecule has 1 aromatic heterocycles. The Hall–Kier alpha value is -0.873.